The van der Waals surface area contributed by atoms with Crippen molar-refractivity contribution >= 4 is 17.1 Å². The number of benzene rings is 7. The maximum absolute atomic E-state index is 2.50. The van der Waals surface area contributed by atoms with Crippen LogP contribution in [0.4, 0.5) is 17.1 Å². The van der Waals surface area contributed by atoms with Crippen LogP contribution in [0.25, 0.3) is 44.5 Å². The van der Waals surface area contributed by atoms with Crippen molar-refractivity contribution in [3.05, 3.63) is 186 Å². The van der Waals surface area contributed by atoms with E-state index in [1.165, 1.54) is 142 Å². The van der Waals surface area contributed by atoms with Gasteiger partial charge in [-0.2, -0.15) is 0 Å². The van der Waals surface area contributed by atoms with Gasteiger partial charge in [0.15, 0.2) is 0 Å². The van der Waals surface area contributed by atoms with E-state index in [0.717, 1.165) is 17.8 Å². The molecule has 0 spiro atoms. The normalized spacial score (nSPS) is 20.3. The van der Waals surface area contributed by atoms with Crippen molar-refractivity contribution in [2.45, 2.75) is 88.9 Å². The van der Waals surface area contributed by atoms with E-state index in [2.05, 4.69) is 183 Å². The molecule has 7 aromatic carbocycles. The van der Waals surface area contributed by atoms with Crippen LogP contribution in [-0.4, -0.2) is 0 Å². The minimum absolute atomic E-state index is 0.148. The lowest BCUT2D eigenvalue weighted by Gasteiger charge is -2.29. The molecule has 0 aromatic heterocycles. The Balaban J connectivity index is 0.946. The minimum Gasteiger partial charge on any atom is -0.310 e. The van der Waals surface area contributed by atoms with E-state index < -0.39 is 0 Å². The Morgan fingerprint density at radius 3 is 1.71 bits per heavy atom. The molecule has 0 heterocycles. The minimum atomic E-state index is -0.148. The van der Waals surface area contributed by atoms with E-state index in [1.54, 1.807) is 0 Å². The van der Waals surface area contributed by atoms with Crippen molar-refractivity contribution < 1.29 is 0 Å². The third-order valence-electron chi connectivity index (χ3n) is 15.0. The zero-order valence-corrected chi connectivity index (χ0v) is 34.7. The summed E-state index contributed by atoms with van der Waals surface area (Å²) in [5.74, 6) is 3.21. The highest BCUT2D eigenvalue weighted by molar-refractivity contribution is 5.88. The van der Waals surface area contributed by atoms with E-state index in [4.69, 9.17) is 0 Å². The standard InChI is InChI=1S/C58H55N/c1-58(2)56-37-46(42-21-19-41(20-22-42)40-11-5-3-6-12-40)27-33-53(56)54-34-32-50(38-57(54)58)59(49-30-25-45(26-31-49)55-36-39-17-18-47(55)35-39)48-28-23-44(24-29-48)52-16-10-9-15-51(52)43-13-7-4-8-14-43/h3,5-6,9-12,15-16,19-34,37-39,43,47,55H,4,7-8,13-14,17-18,35-36H2,1-2H3. The molecule has 0 aliphatic heterocycles. The molecule has 3 atom stereocenters. The summed E-state index contributed by atoms with van der Waals surface area (Å²) in [5.41, 5.74) is 19.8. The molecular weight excluding hydrogens is 711 g/mol. The van der Waals surface area contributed by atoms with Gasteiger partial charge in [0.25, 0.3) is 0 Å². The van der Waals surface area contributed by atoms with Crippen LogP contribution in [0.1, 0.15) is 106 Å². The average Bonchev–Trinajstić information content (AvgIpc) is 4.00. The number of rotatable bonds is 8. The summed E-state index contributed by atoms with van der Waals surface area (Å²) >= 11 is 0. The zero-order chi connectivity index (χ0) is 39.5. The van der Waals surface area contributed by atoms with Crippen LogP contribution in [0.15, 0.2) is 164 Å². The molecule has 4 aliphatic carbocycles. The van der Waals surface area contributed by atoms with Crippen LogP contribution < -0.4 is 4.90 Å². The molecule has 59 heavy (non-hydrogen) atoms. The molecule has 4 aliphatic rings. The van der Waals surface area contributed by atoms with Crippen molar-refractivity contribution in [2.24, 2.45) is 11.8 Å². The third-order valence-corrected chi connectivity index (χ3v) is 15.0. The molecule has 3 saturated carbocycles. The van der Waals surface area contributed by atoms with Crippen molar-refractivity contribution in [2.75, 3.05) is 4.90 Å². The number of hydrogen-bond donors (Lipinski definition) is 0. The summed E-state index contributed by atoms with van der Waals surface area (Å²) in [7, 11) is 0. The zero-order valence-electron chi connectivity index (χ0n) is 34.7. The molecule has 3 unspecified atom stereocenters. The van der Waals surface area contributed by atoms with E-state index in [0.29, 0.717) is 5.92 Å². The first-order chi connectivity index (χ1) is 29.0. The molecule has 0 amide bonds. The smallest absolute Gasteiger partial charge is 0.0465 e. The van der Waals surface area contributed by atoms with Crippen LogP contribution in [-0.2, 0) is 5.41 Å². The predicted octanol–water partition coefficient (Wildman–Crippen LogP) is 16.4. The summed E-state index contributed by atoms with van der Waals surface area (Å²) in [4.78, 5) is 2.50. The van der Waals surface area contributed by atoms with Gasteiger partial charge >= 0.3 is 0 Å². The van der Waals surface area contributed by atoms with Crippen LogP contribution in [0.3, 0.4) is 0 Å². The Morgan fingerprint density at radius 1 is 0.441 bits per heavy atom. The molecule has 3 fully saturated rings. The highest BCUT2D eigenvalue weighted by Gasteiger charge is 2.40. The first kappa shape index (κ1) is 36.4. The Morgan fingerprint density at radius 2 is 1.02 bits per heavy atom. The van der Waals surface area contributed by atoms with Gasteiger partial charge in [-0.25, -0.2) is 0 Å². The van der Waals surface area contributed by atoms with Crippen LogP contribution >= 0.6 is 0 Å². The molecule has 11 rings (SSSR count). The lowest BCUT2D eigenvalue weighted by molar-refractivity contribution is 0.420. The molecule has 292 valence electrons. The SMILES string of the molecule is CC1(C)c2cc(-c3ccc(-c4ccccc4)cc3)ccc2-c2ccc(N(c3ccc(-c4ccccc4C4CCCCC4)cc3)c3ccc(C4CC5CCC4C5)cc3)cc21. The van der Waals surface area contributed by atoms with Gasteiger partial charge in [0.05, 0.1) is 0 Å². The topological polar surface area (TPSA) is 3.24 Å². The summed E-state index contributed by atoms with van der Waals surface area (Å²) in [6.07, 6.45) is 12.4. The van der Waals surface area contributed by atoms with Gasteiger partial charge in [-0.3, -0.25) is 0 Å². The Bertz CT molecular complexity index is 2610. The Labute approximate surface area is 351 Å². The van der Waals surface area contributed by atoms with E-state index in [-0.39, 0.29) is 5.41 Å². The molecule has 2 bridgehead atoms. The number of hydrogen-bond acceptors (Lipinski definition) is 1. The fourth-order valence-corrected chi connectivity index (χ4v) is 11.8. The van der Waals surface area contributed by atoms with Gasteiger partial charge in [0.2, 0.25) is 0 Å². The first-order valence-electron chi connectivity index (χ1n) is 22.5. The van der Waals surface area contributed by atoms with E-state index in [9.17, 15) is 0 Å². The van der Waals surface area contributed by atoms with Crippen molar-refractivity contribution in [3.63, 3.8) is 0 Å². The predicted molar refractivity (Wildman–Crippen MR) is 249 cm³/mol. The van der Waals surface area contributed by atoms with Gasteiger partial charge < -0.3 is 4.90 Å². The van der Waals surface area contributed by atoms with Crippen LogP contribution in [0.5, 0.6) is 0 Å². The second-order valence-electron chi connectivity index (χ2n) is 18.7. The quantitative estimate of drug-likeness (QED) is 0.149. The molecule has 7 aromatic rings. The lowest BCUT2D eigenvalue weighted by Crippen LogP contribution is -2.17. The van der Waals surface area contributed by atoms with Crippen molar-refractivity contribution in [1.82, 2.24) is 0 Å². The molecule has 0 saturated heterocycles. The summed E-state index contributed by atoms with van der Waals surface area (Å²) in [5, 5.41) is 0. The fraction of sp³-hybridized carbons (Fsp3) is 0.276. The number of nitrogens with zero attached hydrogens (tertiary/aromatic N) is 1. The highest BCUT2D eigenvalue weighted by Crippen LogP contribution is 2.54. The largest absolute Gasteiger partial charge is 0.310 e. The number of fused-ring (bicyclic) bond motifs is 5. The van der Waals surface area contributed by atoms with Crippen molar-refractivity contribution in [3.8, 4) is 44.5 Å². The molecule has 1 nitrogen and oxygen atoms in total. The molecule has 0 N–H and O–H groups in total. The average molecular weight is 766 g/mol. The van der Waals surface area contributed by atoms with Gasteiger partial charge in [0, 0.05) is 22.5 Å². The van der Waals surface area contributed by atoms with Crippen LogP contribution in [0, 0.1) is 11.8 Å². The second kappa shape index (κ2) is 14.9. The Hall–Kier alpha value is -5.66. The maximum atomic E-state index is 2.50. The molecule has 1 heteroatoms. The van der Waals surface area contributed by atoms with E-state index >= 15 is 0 Å². The van der Waals surface area contributed by atoms with Gasteiger partial charge in [-0.1, -0.05) is 161 Å². The van der Waals surface area contributed by atoms with Gasteiger partial charge in [-0.05, 0) is 165 Å². The summed E-state index contributed by atoms with van der Waals surface area (Å²) in [6.45, 7) is 4.83. The Kier molecular flexibility index (Phi) is 9.18. The molecule has 0 radical (unpaired) electrons. The number of anilines is 3. The van der Waals surface area contributed by atoms with Crippen LogP contribution in [0.2, 0.25) is 0 Å². The first-order valence-corrected chi connectivity index (χ1v) is 22.5. The third kappa shape index (κ3) is 6.55. The molecular formula is C58H55N. The monoisotopic (exact) mass is 765 g/mol. The second-order valence-corrected chi connectivity index (χ2v) is 18.7. The van der Waals surface area contributed by atoms with Gasteiger partial charge in [0.1, 0.15) is 0 Å². The lowest BCUT2D eigenvalue weighted by atomic mass is 9.81. The summed E-state index contributed by atoms with van der Waals surface area (Å²) < 4.78 is 0. The van der Waals surface area contributed by atoms with Gasteiger partial charge in [-0.15, -0.1) is 0 Å². The fourth-order valence-electron chi connectivity index (χ4n) is 11.8. The van der Waals surface area contributed by atoms with E-state index in [1.807, 2.05) is 0 Å². The highest BCUT2D eigenvalue weighted by atomic mass is 15.1. The maximum Gasteiger partial charge on any atom is 0.0465 e. The van der Waals surface area contributed by atoms with Crippen molar-refractivity contribution in [1.29, 1.82) is 0 Å². The summed E-state index contributed by atoms with van der Waals surface area (Å²) in [6, 6.07) is 62.4.